The molecule has 4 unspecified atom stereocenters. The molecule has 1 amide bonds. The van der Waals surface area contributed by atoms with Crippen molar-refractivity contribution in [3.63, 3.8) is 0 Å². The van der Waals surface area contributed by atoms with Crippen LogP contribution in [0.1, 0.15) is 58.8 Å². The van der Waals surface area contributed by atoms with Crippen molar-refractivity contribution in [2.75, 3.05) is 32.1 Å². The molecule has 218 valence electrons. The number of hydrogen-bond acceptors (Lipinski definition) is 8. The molecule has 6 rings (SSSR count). The second-order valence-corrected chi connectivity index (χ2v) is 10.9. The van der Waals surface area contributed by atoms with Crippen molar-refractivity contribution < 1.29 is 24.1 Å². The van der Waals surface area contributed by atoms with Crippen molar-refractivity contribution in [3.05, 3.63) is 101 Å². The minimum Gasteiger partial charge on any atom is -0.392 e. The number of hydrogen-bond donors (Lipinski definition) is 2. The Balaban J connectivity index is 1.17. The Morgan fingerprint density at radius 1 is 1.02 bits per heavy atom. The van der Waals surface area contributed by atoms with Gasteiger partial charge in [0.25, 0.3) is 5.91 Å². The van der Waals surface area contributed by atoms with Gasteiger partial charge in [0.1, 0.15) is 5.69 Å². The number of fused-ring (bicyclic) bond motifs is 1. The molecule has 0 aliphatic carbocycles. The Kier molecular flexibility index (Phi) is 8.83. The number of amides is 1. The Labute approximate surface area is 245 Å². The molecule has 0 bridgehead atoms. The SMILES string of the molecule is COCC1CCCN1CC1CC(c2ccc(CO)cc2)OC(c2ccc(NC(=O)c3cnc4ccccc4n3)cc2)O1. The number of methoxy groups -OCH3 is 1. The number of benzene rings is 3. The Morgan fingerprint density at radius 3 is 2.55 bits per heavy atom. The van der Waals surface area contributed by atoms with Crippen LogP contribution in [0, 0.1) is 0 Å². The van der Waals surface area contributed by atoms with E-state index in [2.05, 4.69) is 20.2 Å². The van der Waals surface area contributed by atoms with Crippen LogP contribution < -0.4 is 5.32 Å². The number of rotatable bonds is 9. The first-order valence-electron chi connectivity index (χ1n) is 14.5. The maximum atomic E-state index is 12.9. The lowest BCUT2D eigenvalue weighted by Gasteiger charge is -2.38. The number of carbonyl (C=O) groups is 1. The van der Waals surface area contributed by atoms with E-state index in [1.165, 1.54) is 6.20 Å². The van der Waals surface area contributed by atoms with Gasteiger partial charge in [-0.2, -0.15) is 0 Å². The van der Waals surface area contributed by atoms with Gasteiger partial charge in [0.15, 0.2) is 6.29 Å². The third-order valence-electron chi connectivity index (χ3n) is 8.03. The van der Waals surface area contributed by atoms with Gasteiger partial charge in [0.2, 0.25) is 0 Å². The van der Waals surface area contributed by atoms with Crippen LogP contribution in [0.5, 0.6) is 0 Å². The number of aromatic nitrogens is 2. The summed E-state index contributed by atoms with van der Waals surface area (Å²) in [6.07, 6.45) is 3.75. The van der Waals surface area contributed by atoms with Gasteiger partial charge in [-0.3, -0.25) is 14.7 Å². The van der Waals surface area contributed by atoms with Crippen LogP contribution >= 0.6 is 0 Å². The summed E-state index contributed by atoms with van der Waals surface area (Å²) in [5, 5.41) is 12.4. The van der Waals surface area contributed by atoms with Gasteiger partial charge in [-0.15, -0.1) is 0 Å². The molecule has 2 fully saturated rings. The molecular formula is C33H36N4O5. The standard InChI is InChI=1S/C33H36N4O5/c1-40-21-26-5-4-16-37(26)19-27-17-31(23-10-8-22(20-38)9-11-23)42-33(41-27)24-12-14-25(15-13-24)35-32(39)30-18-34-28-6-2-3-7-29(28)36-30/h2-3,6-15,18,26-27,31,33,38H,4-5,16-17,19-21H2,1H3,(H,35,39). The molecule has 42 heavy (non-hydrogen) atoms. The van der Waals surface area contributed by atoms with Crippen LogP contribution in [-0.4, -0.2) is 64.8 Å². The van der Waals surface area contributed by atoms with Crippen LogP contribution in [0.15, 0.2) is 79.0 Å². The minimum absolute atomic E-state index is 0.00629. The lowest BCUT2D eigenvalue weighted by Crippen LogP contribution is -2.42. The van der Waals surface area contributed by atoms with Crippen molar-refractivity contribution in [1.82, 2.24) is 14.9 Å². The number of nitrogens with one attached hydrogen (secondary N) is 1. The Hall–Kier alpha value is -3.73. The highest BCUT2D eigenvalue weighted by atomic mass is 16.7. The highest BCUT2D eigenvalue weighted by Crippen LogP contribution is 2.39. The van der Waals surface area contributed by atoms with Crippen LogP contribution in [-0.2, 0) is 20.8 Å². The van der Waals surface area contributed by atoms with E-state index >= 15 is 0 Å². The number of anilines is 1. The highest BCUT2D eigenvalue weighted by Gasteiger charge is 2.35. The third kappa shape index (κ3) is 6.51. The number of aliphatic hydroxyl groups is 1. The highest BCUT2D eigenvalue weighted by molar-refractivity contribution is 6.03. The first-order valence-corrected chi connectivity index (χ1v) is 14.5. The molecule has 9 nitrogen and oxygen atoms in total. The molecule has 9 heteroatoms. The predicted molar refractivity (Wildman–Crippen MR) is 159 cm³/mol. The number of likely N-dealkylation sites (tertiary alicyclic amines) is 1. The second-order valence-electron chi connectivity index (χ2n) is 10.9. The molecule has 2 N–H and O–H groups in total. The topological polar surface area (TPSA) is 106 Å². The molecule has 4 aromatic rings. The molecule has 2 saturated heterocycles. The Morgan fingerprint density at radius 2 is 1.79 bits per heavy atom. The van der Waals surface area contributed by atoms with Gasteiger partial charge < -0.3 is 24.6 Å². The van der Waals surface area contributed by atoms with Crippen LogP contribution in [0.2, 0.25) is 0 Å². The maximum absolute atomic E-state index is 12.9. The number of para-hydroxylation sites is 2. The monoisotopic (exact) mass is 568 g/mol. The van der Waals surface area contributed by atoms with Crippen molar-refractivity contribution in [3.8, 4) is 0 Å². The number of aliphatic hydroxyl groups excluding tert-OH is 1. The van der Waals surface area contributed by atoms with Gasteiger partial charge in [0, 0.05) is 37.4 Å². The number of carbonyl (C=O) groups excluding carboxylic acids is 1. The molecule has 2 aliphatic heterocycles. The summed E-state index contributed by atoms with van der Waals surface area (Å²) in [6, 6.07) is 23.3. The molecule has 3 aromatic carbocycles. The normalized spacial score (nSPS) is 22.8. The van der Waals surface area contributed by atoms with Crippen LogP contribution in [0.4, 0.5) is 5.69 Å². The number of ether oxygens (including phenoxy) is 3. The molecule has 0 spiro atoms. The average Bonchev–Trinajstić information content (AvgIpc) is 3.47. The summed E-state index contributed by atoms with van der Waals surface area (Å²) in [6.45, 7) is 2.56. The lowest BCUT2D eigenvalue weighted by molar-refractivity contribution is -0.253. The summed E-state index contributed by atoms with van der Waals surface area (Å²) < 4.78 is 18.5. The average molecular weight is 569 g/mol. The van der Waals surface area contributed by atoms with Crippen molar-refractivity contribution in [2.45, 2.75) is 50.4 Å². The zero-order chi connectivity index (χ0) is 28.9. The summed E-state index contributed by atoms with van der Waals surface area (Å²) in [7, 11) is 1.75. The van der Waals surface area contributed by atoms with Crippen molar-refractivity contribution in [2.24, 2.45) is 0 Å². The predicted octanol–water partition coefficient (Wildman–Crippen LogP) is 5.03. The minimum atomic E-state index is -0.564. The maximum Gasteiger partial charge on any atom is 0.275 e. The van der Waals surface area contributed by atoms with E-state index in [4.69, 9.17) is 14.2 Å². The van der Waals surface area contributed by atoms with E-state index in [-0.39, 0.29) is 30.4 Å². The van der Waals surface area contributed by atoms with E-state index in [0.717, 1.165) is 61.2 Å². The zero-order valence-corrected chi connectivity index (χ0v) is 23.7. The zero-order valence-electron chi connectivity index (χ0n) is 23.7. The van der Waals surface area contributed by atoms with E-state index in [1.807, 2.05) is 72.8 Å². The third-order valence-corrected chi connectivity index (χ3v) is 8.03. The molecule has 1 aromatic heterocycles. The molecule has 3 heterocycles. The van der Waals surface area contributed by atoms with Crippen LogP contribution in [0.3, 0.4) is 0 Å². The first kappa shape index (κ1) is 28.4. The Bertz CT molecular complexity index is 1500. The van der Waals surface area contributed by atoms with Crippen LogP contribution in [0.25, 0.3) is 11.0 Å². The smallest absolute Gasteiger partial charge is 0.275 e. The van der Waals surface area contributed by atoms with Crippen molar-refractivity contribution in [1.29, 1.82) is 0 Å². The van der Waals surface area contributed by atoms with Gasteiger partial charge in [-0.05, 0) is 54.8 Å². The van der Waals surface area contributed by atoms with E-state index in [9.17, 15) is 9.90 Å². The van der Waals surface area contributed by atoms with E-state index in [1.54, 1.807) is 7.11 Å². The fraction of sp³-hybridized carbons (Fsp3) is 0.364. The lowest BCUT2D eigenvalue weighted by atomic mass is 9.99. The quantitative estimate of drug-likeness (QED) is 0.290. The molecule has 2 aliphatic rings. The number of nitrogens with zero attached hydrogens (tertiary/aromatic N) is 3. The van der Waals surface area contributed by atoms with Crippen molar-refractivity contribution >= 4 is 22.6 Å². The van der Waals surface area contributed by atoms with E-state index < -0.39 is 6.29 Å². The van der Waals surface area contributed by atoms with Gasteiger partial charge >= 0.3 is 0 Å². The van der Waals surface area contributed by atoms with Gasteiger partial charge in [-0.25, -0.2) is 4.98 Å². The molecule has 4 atom stereocenters. The van der Waals surface area contributed by atoms with Gasteiger partial charge in [0.05, 0.1) is 42.7 Å². The summed E-state index contributed by atoms with van der Waals surface area (Å²) in [5.74, 6) is -0.325. The second kappa shape index (κ2) is 13.1. The largest absolute Gasteiger partial charge is 0.392 e. The fourth-order valence-electron chi connectivity index (χ4n) is 5.80. The molecular weight excluding hydrogens is 532 g/mol. The first-order chi connectivity index (χ1) is 20.6. The molecule has 0 saturated carbocycles. The summed E-state index contributed by atoms with van der Waals surface area (Å²) in [4.78, 5) is 24.1. The summed E-state index contributed by atoms with van der Waals surface area (Å²) >= 11 is 0. The van der Waals surface area contributed by atoms with E-state index in [0.29, 0.717) is 17.2 Å². The van der Waals surface area contributed by atoms with Gasteiger partial charge in [-0.1, -0.05) is 48.5 Å². The summed E-state index contributed by atoms with van der Waals surface area (Å²) in [5.41, 5.74) is 5.10. The fourth-order valence-corrected chi connectivity index (χ4v) is 5.80. The molecule has 0 radical (unpaired) electrons.